The van der Waals surface area contributed by atoms with Crippen molar-refractivity contribution >= 4 is 11.8 Å². The van der Waals surface area contributed by atoms with Crippen molar-refractivity contribution in [1.29, 1.82) is 0 Å². The summed E-state index contributed by atoms with van der Waals surface area (Å²) in [7, 11) is 1.55. The molecule has 1 unspecified atom stereocenters. The lowest BCUT2D eigenvalue weighted by Gasteiger charge is -2.29. The highest BCUT2D eigenvalue weighted by molar-refractivity contribution is 6.06. The van der Waals surface area contributed by atoms with Gasteiger partial charge in [0.25, 0.3) is 0 Å². The highest BCUT2D eigenvalue weighted by Gasteiger charge is 2.52. The molecule has 0 aromatic heterocycles. The molecule has 0 radical (unpaired) electrons. The van der Waals surface area contributed by atoms with Gasteiger partial charge >= 0.3 is 0 Å². The molecule has 2 rings (SSSR count). The number of hydrogen-bond donors (Lipinski definition) is 1. The molecule has 5 nitrogen and oxygen atoms in total. The van der Waals surface area contributed by atoms with E-state index >= 15 is 0 Å². The molecular formula is C15H25NO4. The molecule has 1 saturated carbocycles. The van der Waals surface area contributed by atoms with Crippen molar-refractivity contribution in [1.82, 2.24) is 4.90 Å². The van der Waals surface area contributed by atoms with E-state index in [0.717, 1.165) is 38.5 Å². The zero-order valence-corrected chi connectivity index (χ0v) is 12.3. The zero-order chi connectivity index (χ0) is 14.6. The smallest absolute Gasteiger partial charge is 0.236 e. The molecule has 1 saturated heterocycles. The highest BCUT2D eigenvalue weighted by Crippen LogP contribution is 2.45. The first kappa shape index (κ1) is 15.4. The molecule has 1 aliphatic heterocycles. The van der Waals surface area contributed by atoms with Crippen molar-refractivity contribution in [3.63, 3.8) is 0 Å². The SMILES string of the molecule is COCC(CCO)N1C(=O)CC2(CCCCCC2)C1=O. The number of amides is 2. The van der Waals surface area contributed by atoms with Gasteiger partial charge in [0.2, 0.25) is 11.8 Å². The minimum absolute atomic E-state index is 0.0279. The number of carbonyl (C=O) groups excluding carboxylic acids is 2. The standard InChI is InChI=1S/C15H25NO4/c1-20-11-12(6-9-17)16-13(18)10-15(14(16)19)7-4-2-3-5-8-15/h12,17H,2-11H2,1H3. The molecule has 5 heteroatoms. The summed E-state index contributed by atoms with van der Waals surface area (Å²) in [5, 5.41) is 9.14. The summed E-state index contributed by atoms with van der Waals surface area (Å²) in [5.74, 6) is -0.118. The summed E-state index contributed by atoms with van der Waals surface area (Å²) in [6, 6.07) is -0.326. The molecule has 1 aliphatic carbocycles. The molecule has 1 N–H and O–H groups in total. The Kier molecular flexibility index (Phi) is 5.16. The molecule has 1 atom stereocenters. The van der Waals surface area contributed by atoms with Gasteiger partial charge < -0.3 is 9.84 Å². The van der Waals surface area contributed by atoms with Crippen molar-refractivity contribution in [2.75, 3.05) is 20.3 Å². The second-order valence-corrected chi connectivity index (χ2v) is 6.06. The quantitative estimate of drug-likeness (QED) is 0.776. The minimum atomic E-state index is -0.463. The Balaban J connectivity index is 2.18. The van der Waals surface area contributed by atoms with E-state index in [1.165, 1.54) is 4.90 Å². The van der Waals surface area contributed by atoms with Crippen LogP contribution < -0.4 is 0 Å². The maximum Gasteiger partial charge on any atom is 0.236 e. The fourth-order valence-electron chi connectivity index (χ4n) is 3.61. The van der Waals surface area contributed by atoms with E-state index < -0.39 is 5.41 Å². The molecule has 1 heterocycles. The van der Waals surface area contributed by atoms with E-state index in [0.29, 0.717) is 19.4 Å². The topological polar surface area (TPSA) is 66.8 Å². The van der Waals surface area contributed by atoms with Gasteiger partial charge in [0, 0.05) is 20.1 Å². The van der Waals surface area contributed by atoms with Gasteiger partial charge in [-0.2, -0.15) is 0 Å². The molecule has 1 spiro atoms. The normalized spacial score (nSPS) is 24.2. The van der Waals surface area contributed by atoms with Gasteiger partial charge in [0.05, 0.1) is 18.1 Å². The third-order valence-electron chi connectivity index (χ3n) is 4.68. The number of methoxy groups -OCH3 is 1. The number of likely N-dealkylation sites (tertiary alicyclic amines) is 1. The van der Waals surface area contributed by atoms with Gasteiger partial charge in [0.1, 0.15) is 0 Å². The summed E-state index contributed by atoms with van der Waals surface area (Å²) in [6.07, 6.45) is 6.75. The van der Waals surface area contributed by atoms with Gasteiger partial charge in [-0.1, -0.05) is 25.7 Å². The van der Waals surface area contributed by atoms with Crippen LogP contribution in [0.25, 0.3) is 0 Å². The fraction of sp³-hybridized carbons (Fsp3) is 0.867. The molecule has 2 amide bonds. The van der Waals surface area contributed by atoms with Crippen molar-refractivity contribution in [2.45, 2.75) is 57.4 Å². The van der Waals surface area contributed by atoms with Crippen LogP contribution in [-0.2, 0) is 14.3 Å². The van der Waals surface area contributed by atoms with Crippen molar-refractivity contribution in [2.24, 2.45) is 5.41 Å². The van der Waals surface area contributed by atoms with Crippen LogP contribution in [0.1, 0.15) is 51.4 Å². The predicted molar refractivity (Wildman–Crippen MR) is 74.0 cm³/mol. The van der Waals surface area contributed by atoms with Crippen LogP contribution in [0.15, 0.2) is 0 Å². The van der Waals surface area contributed by atoms with Gasteiger partial charge in [-0.25, -0.2) is 0 Å². The monoisotopic (exact) mass is 283 g/mol. The van der Waals surface area contributed by atoms with Crippen molar-refractivity contribution in [3.8, 4) is 0 Å². The fourth-order valence-corrected chi connectivity index (χ4v) is 3.61. The second kappa shape index (κ2) is 6.68. The Morgan fingerprint density at radius 3 is 2.45 bits per heavy atom. The van der Waals surface area contributed by atoms with Crippen LogP contribution in [0.3, 0.4) is 0 Å². The zero-order valence-electron chi connectivity index (χ0n) is 12.3. The van der Waals surface area contributed by atoms with Crippen LogP contribution in [0, 0.1) is 5.41 Å². The molecule has 2 fully saturated rings. The maximum absolute atomic E-state index is 12.8. The van der Waals surface area contributed by atoms with Gasteiger partial charge in [-0.05, 0) is 19.3 Å². The Labute approximate surface area is 120 Å². The number of hydrogen-bond acceptors (Lipinski definition) is 4. The van der Waals surface area contributed by atoms with E-state index in [9.17, 15) is 9.59 Å². The van der Waals surface area contributed by atoms with Crippen molar-refractivity contribution < 1.29 is 19.4 Å². The number of imide groups is 1. The predicted octanol–water partition coefficient (Wildman–Crippen LogP) is 1.48. The number of carbonyl (C=O) groups is 2. The van der Waals surface area contributed by atoms with E-state index in [1.807, 2.05) is 0 Å². The maximum atomic E-state index is 12.8. The molecule has 2 aliphatic rings. The second-order valence-electron chi connectivity index (χ2n) is 6.06. The summed E-state index contributed by atoms with van der Waals surface area (Å²) >= 11 is 0. The van der Waals surface area contributed by atoms with Crippen LogP contribution >= 0.6 is 0 Å². The van der Waals surface area contributed by atoms with Crippen LogP contribution in [0.2, 0.25) is 0 Å². The largest absolute Gasteiger partial charge is 0.396 e. The first-order valence-electron chi connectivity index (χ1n) is 7.61. The average Bonchev–Trinajstić information content (AvgIpc) is 2.59. The first-order valence-corrected chi connectivity index (χ1v) is 7.61. The van der Waals surface area contributed by atoms with E-state index in [2.05, 4.69) is 0 Å². The average molecular weight is 283 g/mol. The first-order chi connectivity index (χ1) is 9.64. The van der Waals surface area contributed by atoms with E-state index in [1.54, 1.807) is 7.11 Å². The van der Waals surface area contributed by atoms with Gasteiger partial charge in [0.15, 0.2) is 0 Å². The Bertz CT molecular complexity index is 355. The molecule has 20 heavy (non-hydrogen) atoms. The summed E-state index contributed by atoms with van der Waals surface area (Å²) in [6.45, 7) is 0.256. The van der Waals surface area contributed by atoms with Crippen LogP contribution in [-0.4, -0.2) is 48.2 Å². The summed E-state index contributed by atoms with van der Waals surface area (Å²) in [5.41, 5.74) is -0.463. The number of ether oxygens (including phenoxy) is 1. The van der Waals surface area contributed by atoms with Crippen LogP contribution in [0.4, 0.5) is 0 Å². The lowest BCUT2D eigenvalue weighted by Crippen LogP contribution is -2.45. The number of aliphatic hydroxyl groups is 1. The van der Waals surface area contributed by atoms with Gasteiger partial charge in [-0.15, -0.1) is 0 Å². The Morgan fingerprint density at radius 1 is 1.25 bits per heavy atom. The van der Waals surface area contributed by atoms with E-state index in [4.69, 9.17) is 9.84 Å². The third-order valence-corrected chi connectivity index (χ3v) is 4.68. The Hall–Kier alpha value is -0.940. The number of nitrogens with zero attached hydrogens (tertiary/aromatic N) is 1. The molecular weight excluding hydrogens is 258 g/mol. The molecule has 0 bridgehead atoms. The van der Waals surface area contributed by atoms with E-state index in [-0.39, 0.29) is 24.5 Å². The molecule has 114 valence electrons. The molecule has 0 aromatic carbocycles. The van der Waals surface area contributed by atoms with Gasteiger partial charge in [-0.3, -0.25) is 14.5 Å². The lowest BCUT2D eigenvalue weighted by molar-refractivity contribution is -0.146. The summed E-state index contributed by atoms with van der Waals surface area (Å²) < 4.78 is 5.11. The van der Waals surface area contributed by atoms with Crippen molar-refractivity contribution in [3.05, 3.63) is 0 Å². The minimum Gasteiger partial charge on any atom is -0.396 e. The van der Waals surface area contributed by atoms with Crippen LogP contribution in [0.5, 0.6) is 0 Å². The third kappa shape index (κ3) is 2.88. The highest BCUT2D eigenvalue weighted by atomic mass is 16.5. The summed E-state index contributed by atoms with van der Waals surface area (Å²) in [4.78, 5) is 26.5. The Morgan fingerprint density at radius 2 is 1.90 bits per heavy atom. The lowest BCUT2D eigenvalue weighted by atomic mass is 9.79. The number of aliphatic hydroxyl groups excluding tert-OH is 1. The molecule has 0 aromatic rings. The number of rotatable bonds is 5.